The first-order chi connectivity index (χ1) is 15.2. The molecule has 0 aliphatic carbocycles. The van der Waals surface area contributed by atoms with Crippen LogP contribution < -0.4 is 9.54 Å². The highest BCUT2D eigenvalue weighted by molar-refractivity contribution is 7.92. The molecule has 1 unspecified atom stereocenters. The second kappa shape index (κ2) is 10.4. The van der Waals surface area contributed by atoms with Crippen LogP contribution in [-0.4, -0.2) is 60.4 Å². The number of nitrogens with zero attached hydrogens (tertiary/aromatic N) is 3. The monoisotopic (exact) mass is 479 g/mol. The molecule has 0 saturated carbocycles. The van der Waals surface area contributed by atoms with E-state index in [0.717, 1.165) is 29.5 Å². The summed E-state index contributed by atoms with van der Waals surface area (Å²) in [4.78, 5) is 31.1. The number of hydrogen-bond acceptors (Lipinski definition) is 6. The minimum Gasteiger partial charge on any atom is -0.494 e. The SMILES string of the molecule is C=CCn1c(=NC(=O)CS(=O)(=O)CC(=O)N2CCCCC2C)sc2cc(OCC)ccc21. The minimum atomic E-state index is -3.92. The fourth-order valence-corrected chi connectivity index (χ4v) is 5.99. The molecule has 32 heavy (non-hydrogen) atoms. The maximum Gasteiger partial charge on any atom is 0.263 e. The van der Waals surface area contributed by atoms with Gasteiger partial charge in [-0.3, -0.25) is 9.59 Å². The summed E-state index contributed by atoms with van der Waals surface area (Å²) in [6, 6.07) is 5.59. The molecule has 8 nitrogen and oxygen atoms in total. The van der Waals surface area contributed by atoms with Crippen molar-refractivity contribution >= 4 is 43.2 Å². The molecule has 2 amide bonds. The Labute approximate surface area is 192 Å². The summed E-state index contributed by atoms with van der Waals surface area (Å²) >= 11 is 1.27. The lowest BCUT2D eigenvalue weighted by molar-refractivity contribution is -0.131. The Balaban J connectivity index is 1.81. The van der Waals surface area contributed by atoms with Crippen LogP contribution in [0.2, 0.25) is 0 Å². The number of sulfone groups is 1. The normalized spacial score (nSPS) is 17.5. The highest BCUT2D eigenvalue weighted by Crippen LogP contribution is 2.23. The van der Waals surface area contributed by atoms with Gasteiger partial charge in [0.1, 0.15) is 17.3 Å². The molecule has 0 radical (unpaired) electrons. The molecule has 3 rings (SSSR count). The van der Waals surface area contributed by atoms with Gasteiger partial charge in [0, 0.05) is 19.1 Å². The Bertz CT molecular complexity index is 1180. The van der Waals surface area contributed by atoms with Crippen molar-refractivity contribution in [3.63, 3.8) is 0 Å². The first-order valence-corrected chi connectivity index (χ1v) is 13.3. The number of carbonyl (C=O) groups excluding carboxylic acids is 2. The van der Waals surface area contributed by atoms with Gasteiger partial charge in [-0.25, -0.2) is 8.42 Å². The van der Waals surface area contributed by atoms with E-state index in [1.165, 1.54) is 11.3 Å². The van der Waals surface area contributed by atoms with Gasteiger partial charge in [0.2, 0.25) is 5.91 Å². The number of fused-ring (bicyclic) bond motifs is 1. The fraction of sp³-hybridized carbons (Fsp3) is 0.500. The Morgan fingerprint density at radius 1 is 1.31 bits per heavy atom. The Hall–Kier alpha value is -2.46. The first kappa shape index (κ1) is 24.2. The number of carbonyl (C=O) groups is 2. The highest BCUT2D eigenvalue weighted by atomic mass is 32.2. The van der Waals surface area contributed by atoms with E-state index in [1.807, 2.05) is 32.0 Å². The summed E-state index contributed by atoms with van der Waals surface area (Å²) in [5, 5.41) is 0. The van der Waals surface area contributed by atoms with E-state index in [4.69, 9.17) is 4.74 Å². The molecule has 0 spiro atoms. The molecule has 1 fully saturated rings. The quantitative estimate of drug-likeness (QED) is 0.542. The van der Waals surface area contributed by atoms with Crippen LogP contribution in [0.25, 0.3) is 10.2 Å². The molecule has 1 aromatic carbocycles. The van der Waals surface area contributed by atoms with Gasteiger partial charge < -0.3 is 14.2 Å². The average Bonchev–Trinajstić information content (AvgIpc) is 3.04. The second-order valence-electron chi connectivity index (χ2n) is 7.82. The number of piperidine rings is 1. The van der Waals surface area contributed by atoms with E-state index < -0.39 is 33.2 Å². The van der Waals surface area contributed by atoms with Crippen molar-refractivity contribution in [2.24, 2.45) is 4.99 Å². The van der Waals surface area contributed by atoms with Gasteiger partial charge in [-0.2, -0.15) is 4.99 Å². The van der Waals surface area contributed by atoms with E-state index in [-0.39, 0.29) is 6.04 Å². The molecule has 2 heterocycles. The predicted molar refractivity (Wildman–Crippen MR) is 125 cm³/mol. The van der Waals surface area contributed by atoms with Crippen molar-refractivity contribution < 1.29 is 22.7 Å². The van der Waals surface area contributed by atoms with Crippen LogP contribution in [0, 0.1) is 0 Å². The molecular weight excluding hydrogens is 450 g/mol. The molecule has 10 heteroatoms. The van der Waals surface area contributed by atoms with Crippen molar-refractivity contribution in [1.82, 2.24) is 9.47 Å². The van der Waals surface area contributed by atoms with Crippen LogP contribution in [0.5, 0.6) is 5.75 Å². The number of allylic oxidation sites excluding steroid dienone is 1. The van der Waals surface area contributed by atoms with Crippen molar-refractivity contribution in [1.29, 1.82) is 0 Å². The molecular formula is C22H29N3O5S2. The smallest absolute Gasteiger partial charge is 0.263 e. The number of thiazole rings is 1. The predicted octanol–water partition coefficient (Wildman–Crippen LogP) is 2.53. The van der Waals surface area contributed by atoms with E-state index in [0.29, 0.717) is 30.2 Å². The molecule has 174 valence electrons. The van der Waals surface area contributed by atoms with Crippen LogP contribution in [0.15, 0.2) is 35.8 Å². The van der Waals surface area contributed by atoms with Crippen LogP contribution in [0.3, 0.4) is 0 Å². The maximum atomic E-state index is 12.5. The van der Waals surface area contributed by atoms with Gasteiger partial charge in [0.05, 0.1) is 16.8 Å². The van der Waals surface area contributed by atoms with Crippen molar-refractivity contribution in [3.05, 3.63) is 35.7 Å². The summed E-state index contributed by atoms with van der Waals surface area (Å²) < 4.78 is 33.2. The lowest BCUT2D eigenvalue weighted by Gasteiger charge is -2.33. The summed E-state index contributed by atoms with van der Waals surface area (Å²) in [6.45, 7) is 9.07. The summed E-state index contributed by atoms with van der Waals surface area (Å²) in [5.41, 5.74) is 0.849. The molecule has 1 aliphatic heterocycles. The molecule has 2 aromatic rings. The lowest BCUT2D eigenvalue weighted by atomic mass is 10.0. The zero-order valence-electron chi connectivity index (χ0n) is 18.5. The Kier molecular flexibility index (Phi) is 7.89. The number of aromatic nitrogens is 1. The largest absolute Gasteiger partial charge is 0.494 e. The number of amides is 2. The van der Waals surface area contributed by atoms with Crippen LogP contribution in [-0.2, 0) is 26.0 Å². The van der Waals surface area contributed by atoms with Crippen molar-refractivity contribution in [2.75, 3.05) is 24.7 Å². The maximum absolute atomic E-state index is 12.5. The number of ether oxygens (including phenoxy) is 1. The minimum absolute atomic E-state index is 0.0184. The third-order valence-electron chi connectivity index (χ3n) is 5.31. The van der Waals surface area contributed by atoms with Crippen LogP contribution in [0.4, 0.5) is 0 Å². The molecule has 1 saturated heterocycles. The number of hydrogen-bond donors (Lipinski definition) is 0. The van der Waals surface area contributed by atoms with E-state index in [9.17, 15) is 18.0 Å². The zero-order valence-corrected chi connectivity index (χ0v) is 20.1. The number of benzene rings is 1. The van der Waals surface area contributed by atoms with E-state index in [2.05, 4.69) is 11.6 Å². The van der Waals surface area contributed by atoms with Gasteiger partial charge in [0.25, 0.3) is 5.91 Å². The van der Waals surface area contributed by atoms with Crippen molar-refractivity contribution in [2.45, 2.75) is 45.7 Å². The Morgan fingerprint density at radius 2 is 2.09 bits per heavy atom. The van der Waals surface area contributed by atoms with Crippen LogP contribution >= 0.6 is 11.3 Å². The number of rotatable bonds is 8. The number of likely N-dealkylation sites (tertiary alicyclic amines) is 1. The highest BCUT2D eigenvalue weighted by Gasteiger charge is 2.28. The van der Waals surface area contributed by atoms with E-state index in [1.54, 1.807) is 15.5 Å². The van der Waals surface area contributed by atoms with Crippen LogP contribution in [0.1, 0.15) is 33.1 Å². The first-order valence-electron chi connectivity index (χ1n) is 10.7. The van der Waals surface area contributed by atoms with Gasteiger partial charge >= 0.3 is 0 Å². The third-order valence-corrected chi connectivity index (χ3v) is 7.72. The summed E-state index contributed by atoms with van der Waals surface area (Å²) in [7, 11) is -3.92. The van der Waals surface area contributed by atoms with Gasteiger partial charge in [-0.15, -0.1) is 6.58 Å². The standard InChI is InChI=1S/C22H29N3O5S2/c1-4-11-25-18-10-9-17(30-5-2)13-19(18)31-22(25)23-20(26)14-32(28,29)15-21(27)24-12-7-6-8-16(24)3/h4,9-10,13,16H,1,5-8,11-12,14-15H2,2-3H3. The van der Waals surface area contributed by atoms with Gasteiger partial charge in [-0.1, -0.05) is 17.4 Å². The second-order valence-corrected chi connectivity index (χ2v) is 10.9. The van der Waals surface area contributed by atoms with Crippen molar-refractivity contribution in [3.8, 4) is 5.75 Å². The topological polar surface area (TPSA) is 98.0 Å². The molecule has 1 atom stereocenters. The fourth-order valence-electron chi connectivity index (χ4n) is 3.82. The summed E-state index contributed by atoms with van der Waals surface area (Å²) in [5.74, 6) is -2.00. The lowest BCUT2D eigenvalue weighted by Crippen LogP contribution is -2.45. The molecule has 1 aliphatic rings. The molecule has 0 bridgehead atoms. The van der Waals surface area contributed by atoms with Gasteiger partial charge in [-0.05, 0) is 51.3 Å². The molecule has 0 N–H and O–H groups in total. The average molecular weight is 480 g/mol. The zero-order chi connectivity index (χ0) is 23.3. The summed E-state index contributed by atoms with van der Waals surface area (Å²) in [6.07, 6.45) is 4.44. The Morgan fingerprint density at radius 3 is 2.78 bits per heavy atom. The van der Waals surface area contributed by atoms with E-state index >= 15 is 0 Å². The van der Waals surface area contributed by atoms with Gasteiger partial charge in [0.15, 0.2) is 14.6 Å². The third kappa shape index (κ3) is 5.86. The molecule has 1 aromatic heterocycles.